The molecule has 0 aromatic heterocycles. The summed E-state index contributed by atoms with van der Waals surface area (Å²) < 4.78 is 5.55. The topological polar surface area (TPSA) is 101 Å². The van der Waals surface area contributed by atoms with Gasteiger partial charge in [-0.3, -0.25) is 24.1 Å². The van der Waals surface area contributed by atoms with E-state index in [9.17, 15) is 14.7 Å². The number of Topliss-reactive ketones (excluding diaryl/α,β-unsaturated/α-hetero) is 1. The third-order valence-electron chi connectivity index (χ3n) is 11.5. The number of carbonyl (C=O) groups excluding carboxylic acids is 4. The molecule has 250 valence electrons. The maximum absolute atomic E-state index is 15.1. The van der Waals surface area contributed by atoms with Crippen LogP contribution in [-0.4, -0.2) is 35.6 Å². The summed E-state index contributed by atoms with van der Waals surface area (Å²) in [5.41, 5.74) is 3.55. The summed E-state index contributed by atoms with van der Waals surface area (Å²) in [4.78, 5) is 60.1. The number of aromatic hydroxyl groups is 1. The minimum absolute atomic E-state index is 0.0507. The van der Waals surface area contributed by atoms with Gasteiger partial charge in [0.2, 0.25) is 11.8 Å². The summed E-state index contributed by atoms with van der Waals surface area (Å²) in [5, 5.41) is 10.6. The number of phenolic OH excluding ortho intramolecular Hbond substituents is 1. The van der Waals surface area contributed by atoms with Gasteiger partial charge in [0.1, 0.15) is 0 Å². The number of nitrogens with zero attached hydrogens (tertiary/aromatic N) is 1. The van der Waals surface area contributed by atoms with E-state index < -0.39 is 35.0 Å². The number of imide groups is 1. The first-order valence-corrected chi connectivity index (χ1v) is 17.2. The average molecular weight is 664 g/mol. The van der Waals surface area contributed by atoms with Crippen molar-refractivity contribution in [3.8, 4) is 11.5 Å². The summed E-state index contributed by atoms with van der Waals surface area (Å²) in [7, 11) is 1.47. The first-order chi connectivity index (χ1) is 24.3. The molecule has 1 aliphatic heterocycles. The molecule has 6 atom stereocenters. The summed E-state index contributed by atoms with van der Waals surface area (Å²) >= 11 is 0. The normalized spacial score (nSPS) is 27.2. The number of benzene rings is 4. The number of amides is 2. The van der Waals surface area contributed by atoms with E-state index in [1.165, 1.54) is 18.1 Å². The van der Waals surface area contributed by atoms with Crippen molar-refractivity contribution in [2.45, 2.75) is 37.5 Å². The largest absolute Gasteiger partial charge is 0.504 e. The molecule has 4 aliphatic rings. The van der Waals surface area contributed by atoms with Gasteiger partial charge in [0.25, 0.3) is 0 Å². The number of methoxy groups -OCH3 is 1. The number of aryl methyl sites for hydroxylation is 1. The predicted octanol–water partition coefficient (Wildman–Crippen LogP) is 6.99. The Bertz CT molecular complexity index is 2100. The van der Waals surface area contributed by atoms with E-state index in [2.05, 4.69) is 6.92 Å². The van der Waals surface area contributed by atoms with E-state index in [1.54, 1.807) is 18.2 Å². The molecule has 50 heavy (non-hydrogen) atoms. The molecule has 0 unspecified atom stereocenters. The van der Waals surface area contributed by atoms with Gasteiger partial charge in [0.15, 0.2) is 23.1 Å². The molecule has 8 rings (SSSR count). The number of hydrogen-bond acceptors (Lipinski definition) is 6. The number of phenols is 1. The molecule has 4 aromatic carbocycles. The van der Waals surface area contributed by atoms with Gasteiger partial charge in [-0.1, -0.05) is 97.4 Å². The quantitative estimate of drug-likeness (QED) is 0.176. The van der Waals surface area contributed by atoms with Gasteiger partial charge in [-0.2, -0.15) is 0 Å². The first kappa shape index (κ1) is 31.7. The molecule has 4 aromatic rings. The number of fused-ring (bicyclic) bond motifs is 4. The fourth-order valence-electron chi connectivity index (χ4n) is 9.26. The van der Waals surface area contributed by atoms with E-state index >= 15 is 9.59 Å². The second-order valence-electron chi connectivity index (χ2n) is 13.8. The van der Waals surface area contributed by atoms with Crippen LogP contribution in [0.3, 0.4) is 0 Å². The lowest BCUT2D eigenvalue weighted by molar-refractivity contribution is -0.135. The van der Waals surface area contributed by atoms with E-state index in [1.807, 2.05) is 91.0 Å². The standard InChI is InChI=1S/C43H37NO6/c1-3-25-14-17-29(18-15-25)44-41(48)31-20-19-30-33(38(31)42(44)49)23-34-40(47)32(26-10-6-4-7-11-26)24-37(46)43(34,28-12-8-5-9-13-28)39(30)27-16-21-35(45)36(22-27)50-2/h4-19,21-22,24,31,33-34,38-39,45H,3,20,23H2,1-2H3/t31-,33+,34-,38-,39-,43-/m0/s1. The Morgan fingerprint density at radius 3 is 2.22 bits per heavy atom. The Morgan fingerprint density at radius 2 is 1.54 bits per heavy atom. The highest BCUT2D eigenvalue weighted by Crippen LogP contribution is 2.64. The summed E-state index contributed by atoms with van der Waals surface area (Å²) in [6.07, 6.45) is 4.94. The lowest BCUT2D eigenvalue weighted by atomic mass is 9.44. The van der Waals surface area contributed by atoms with Crippen LogP contribution in [0, 0.1) is 23.7 Å². The molecule has 1 saturated heterocycles. The summed E-state index contributed by atoms with van der Waals surface area (Å²) in [6.45, 7) is 2.05. The van der Waals surface area contributed by atoms with Crippen molar-refractivity contribution in [2.75, 3.05) is 12.0 Å². The number of rotatable bonds is 6. The van der Waals surface area contributed by atoms with Gasteiger partial charge in [-0.15, -0.1) is 0 Å². The van der Waals surface area contributed by atoms with Crippen LogP contribution in [0.5, 0.6) is 11.5 Å². The molecule has 0 bridgehead atoms. The second kappa shape index (κ2) is 12.1. The van der Waals surface area contributed by atoms with Gasteiger partial charge < -0.3 is 9.84 Å². The molecule has 1 heterocycles. The molecule has 2 amide bonds. The monoisotopic (exact) mass is 663 g/mol. The number of ether oxygens (including phenoxy) is 1. The second-order valence-corrected chi connectivity index (χ2v) is 13.8. The minimum atomic E-state index is -1.35. The maximum Gasteiger partial charge on any atom is 0.238 e. The molecule has 0 radical (unpaired) electrons. The Morgan fingerprint density at radius 1 is 0.840 bits per heavy atom. The van der Waals surface area contributed by atoms with Gasteiger partial charge >= 0.3 is 0 Å². The number of ketones is 2. The predicted molar refractivity (Wildman–Crippen MR) is 190 cm³/mol. The number of carbonyl (C=O) groups is 4. The third kappa shape index (κ3) is 4.56. The summed E-state index contributed by atoms with van der Waals surface area (Å²) in [5.74, 6) is -3.98. The van der Waals surface area contributed by atoms with Crippen LogP contribution in [0.15, 0.2) is 121 Å². The SMILES string of the molecule is CCc1ccc(N2C(=O)[C@H]3[C@H](CC=C4[C@H]3C[C@H]3C(=O)C(c5ccccc5)=CC(=O)[C@@]3(c3ccccc3)[C@H]4c3ccc(O)c(OC)c3)C2=O)cc1. The zero-order valence-electron chi connectivity index (χ0n) is 27.9. The highest BCUT2D eigenvalue weighted by Gasteiger charge is 2.66. The number of anilines is 1. The van der Waals surface area contributed by atoms with Crippen LogP contribution >= 0.6 is 0 Å². The molecule has 0 spiro atoms. The van der Waals surface area contributed by atoms with Crippen molar-refractivity contribution in [1.29, 1.82) is 0 Å². The minimum Gasteiger partial charge on any atom is -0.504 e. The molecule has 3 aliphatic carbocycles. The van der Waals surface area contributed by atoms with Crippen LogP contribution < -0.4 is 9.64 Å². The Balaban J connectivity index is 1.35. The smallest absolute Gasteiger partial charge is 0.238 e. The van der Waals surface area contributed by atoms with Crippen molar-refractivity contribution in [1.82, 2.24) is 0 Å². The zero-order valence-corrected chi connectivity index (χ0v) is 27.9. The van der Waals surface area contributed by atoms with E-state index in [-0.39, 0.29) is 41.3 Å². The molecular formula is C43H37NO6. The van der Waals surface area contributed by atoms with Crippen LogP contribution in [0.4, 0.5) is 5.69 Å². The lowest BCUT2D eigenvalue weighted by Gasteiger charge is -2.55. The zero-order chi connectivity index (χ0) is 34.7. The van der Waals surface area contributed by atoms with Gasteiger partial charge in [-0.05, 0) is 77.8 Å². The Kier molecular flexibility index (Phi) is 7.66. The van der Waals surface area contributed by atoms with Gasteiger partial charge in [0, 0.05) is 17.4 Å². The van der Waals surface area contributed by atoms with E-state index in [0.717, 1.165) is 17.6 Å². The molecule has 7 nitrogen and oxygen atoms in total. The van der Waals surface area contributed by atoms with Crippen LogP contribution in [0.1, 0.15) is 47.9 Å². The van der Waals surface area contributed by atoms with Crippen LogP contribution in [-0.2, 0) is 31.0 Å². The highest BCUT2D eigenvalue weighted by molar-refractivity contribution is 6.32. The molecule has 1 saturated carbocycles. The van der Waals surface area contributed by atoms with Crippen molar-refractivity contribution in [2.24, 2.45) is 23.7 Å². The third-order valence-corrected chi connectivity index (χ3v) is 11.5. The maximum atomic E-state index is 15.1. The van der Waals surface area contributed by atoms with Crippen LogP contribution in [0.2, 0.25) is 0 Å². The molecule has 1 N–H and O–H groups in total. The lowest BCUT2D eigenvalue weighted by Crippen LogP contribution is -2.58. The fourth-order valence-corrected chi connectivity index (χ4v) is 9.26. The molecule has 2 fully saturated rings. The fraction of sp³-hybridized carbons (Fsp3) is 0.256. The van der Waals surface area contributed by atoms with E-state index in [0.29, 0.717) is 34.4 Å². The number of hydrogen-bond donors (Lipinski definition) is 1. The molecule has 7 heteroatoms. The Labute approximate surface area is 290 Å². The molecular weight excluding hydrogens is 626 g/mol. The van der Waals surface area contributed by atoms with Gasteiger partial charge in [0.05, 0.1) is 30.0 Å². The highest BCUT2D eigenvalue weighted by atomic mass is 16.5. The summed E-state index contributed by atoms with van der Waals surface area (Å²) in [6, 6.07) is 31.3. The van der Waals surface area contributed by atoms with Crippen molar-refractivity contribution >= 4 is 34.6 Å². The van der Waals surface area contributed by atoms with E-state index in [4.69, 9.17) is 4.74 Å². The van der Waals surface area contributed by atoms with Crippen molar-refractivity contribution < 1.29 is 29.0 Å². The van der Waals surface area contributed by atoms with Crippen LogP contribution in [0.25, 0.3) is 5.57 Å². The first-order valence-electron chi connectivity index (χ1n) is 17.2. The van der Waals surface area contributed by atoms with Crippen molar-refractivity contribution in [3.63, 3.8) is 0 Å². The Hall–Kier alpha value is -5.56. The average Bonchev–Trinajstić information content (AvgIpc) is 3.42. The number of allylic oxidation sites excluding steroid dienone is 4. The van der Waals surface area contributed by atoms with Gasteiger partial charge in [-0.25, -0.2) is 0 Å². The van der Waals surface area contributed by atoms with Crippen molar-refractivity contribution in [3.05, 3.63) is 143 Å².